The molecule has 4 nitrogen and oxygen atoms in total. The van der Waals surface area contributed by atoms with Gasteiger partial charge in [-0.05, 0) is 24.1 Å². The van der Waals surface area contributed by atoms with Gasteiger partial charge in [0.05, 0.1) is 0 Å². The third-order valence-electron chi connectivity index (χ3n) is 1.92. The Kier molecular flexibility index (Phi) is 4.13. The first kappa shape index (κ1) is 12.3. The molecule has 0 fully saturated rings. The van der Waals surface area contributed by atoms with Crippen molar-refractivity contribution in [1.29, 1.82) is 0 Å². The van der Waals surface area contributed by atoms with Gasteiger partial charge in [0, 0.05) is 6.92 Å². The quantitative estimate of drug-likeness (QED) is 0.609. The van der Waals surface area contributed by atoms with Crippen LogP contribution in [0.4, 0.5) is 4.39 Å². The highest BCUT2D eigenvalue weighted by atomic mass is 19.1. The SMILES string of the molecule is CC(=O)OC(=O)[C@H](N)Cc1ccc(F)cc1. The molecule has 0 aliphatic carbocycles. The summed E-state index contributed by atoms with van der Waals surface area (Å²) >= 11 is 0. The number of carbonyl (C=O) groups is 2. The molecular formula is C11H12FNO3. The lowest BCUT2D eigenvalue weighted by Gasteiger charge is -2.09. The van der Waals surface area contributed by atoms with E-state index in [4.69, 9.17) is 5.73 Å². The maximum absolute atomic E-state index is 12.6. The lowest BCUT2D eigenvalue weighted by Crippen LogP contribution is -2.35. The Bertz CT molecular complexity index is 389. The van der Waals surface area contributed by atoms with E-state index in [1.54, 1.807) is 0 Å². The Balaban J connectivity index is 2.57. The summed E-state index contributed by atoms with van der Waals surface area (Å²) in [6.07, 6.45) is 0.201. The number of hydrogen-bond donors (Lipinski definition) is 1. The lowest BCUT2D eigenvalue weighted by molar-refractivity contribution is -0.159. The number of ether oxygens (including phenoxy) is 1. The number of nitrogens with two attached hydrogens (primary N) is 1. The average molecular weight is 225 g/mol. The molecule has 0 aliphatic heterocycles. The van der Waals surface area contributed by atoms with Crippen LogP contribution < -0.4 is 5.73 Å². The summed E-state index contributed by atoms with van der Waals surface area (Å²) in [7, 11) is 0. The van der Waals surface area contributed by atoms with Gasteiger partial charge in [0.15, 0.2) is 0 Å². The van der Waals surface area contributed by atoms with Crippen molar-refractivity contribution in [3.63, 3.8) is 0 Å². The van der Waals surface area contributed by atoms with Crippen LogP contribution in [-0.2, 0) is 20.7 Å². The third kappa shape index (κ3) is 3.78. The van der Waals surface area contributed by atoms with Crippen LogP contribution in [0.1, 0.15) is 12.5 Å². The fraction of sp³-hybridized carbons (Fsp3) is 0.273. The summed E-state index contributed by atoms with van der Waals surface area (Å²) in [5.74, 6) is -1.83. The van der Waals surface area contributed by atoms with E-state index < -0.39 is 18.0 Å². The number of rotatable bonds is 3. The lowest BCUT2D eigenvalue weighted by atomic mass is 10.1. The fourth-order valence-corrected chi connectivity index (χ4v) is 1.18. The molecule has 0 saturated carbocycles. The van der Waals surface area contributed by atoms with Gasteiger partial charge >= 0.3 is 11.9 Å². The minimum atomic E-state index is -0.922. The van der Waals surface area contributed by atoms with Crippen LogP contribution in [-0.4, -0.2) is 18.0 Å². The summed E-state index contributed by atoms with van der Waals surface area (Å²) in [5.41, 5.74) is 6.22. The second-order valence-electron chi connectivity index (χ2n) is 3.35. The molecule has 5 heteroatoms. The molecule has 86 valence electrons. The highest BCUT2D eigenvalue weighted by Crippen LogP contribution is 2.05. The molecule has 0 spiro atoms. The topological polar surface area (TPSA) is 69.4 Å². The molecule has 0 aliphatic rings. The van der Waals surface area contributed by atoms with Gasteiger partial charge in [0.1, 0.15) is 11.9 Å². The van der Waals surface area contributed by atoms with Gasteiger partial charge in [-0.2, -0.15) is 0 Å². The molecule has 0 unspecified atom stereocenters. The smallest absolute Gasteiger partial charge is 0.330 e. The van der Waals surface area contributed by atoms with Crippen LogP contribution in [0.15, 0.2) is 24.3 Å². The van der Waals surface area contributed by atoms with Gasteiger partial charge in [-0.25, -0.2) is 9.18 Å². The number of esters is 2. The van der Waals surface area contributed by atoms with Crippen LogP contribution >= 0.6 is 0 Å². The van der Waals surface area contributed by atoms with Gasteiger partial charge in [0.25, 0.3) is 0 Å². The predicted octanol–water partition coefficient (Wildman–Crippen LogP) is 0.785. The summed E-state index contributed by atoms with van der Waals surface area (Å²) in [5, 5.41) is 0. The van der Waals surface area contributed by atoms with Crippen molar-refractivity contribution in [3.8, 4) is 0 Å². The Morgan fingerprint density at radius 1 is 1.38 bits per heavy atom. The maximum atomic E-state index is 12.6. The zero-order valence-electron chi connectivity index (χ0n) is 8.77. The molecule has 1 atom stereocenters. The van der Waals surface area contributed by atoms with Crippen molar-refractivity contribution >= 4 is 11.9 Å². The van der Waals surface area contributed by atoms with E-state index in [9.17, 15) is 14.0 Å². The van der Waals surface area contributed by atoms with Crippen LogP contribution in [0.2, 0.25) is 0 Å². The van der Waals surface area contributed by atoms with E-state index in [1.807, 2.05) is 0 Å². The van der Waals surface area contributed by atoms with Gasteiger partial charge in [-0.15, -0.1) is 0 Å². The van der Waals surface area contributed by atoms with Crippen molar-refractivity contribution in [1.82, 2.24) is 0 Å². The number of halogens is 1. The molecule has 0 heterocycles. The van der Waals surface area contributed by atoms with Gasteiger partial charge in [-0.1, -0.05) is 12.1 Å². The molecule has 0 bridgehead atoms. The molecule has 0 amide bonds. The maximum Gasteiger partial charge on any atom is 0.330 e. The zero-order valence-corrected chi connectivity index (χ0v) is 8.77. The second kappa shape index (κ2) is 5.37. The van der Waals surface area contributed by atoms with Gasteiger partial charge in [0.2, 0.25) is 0 Å². The van der Waals surface area contributed by atoms with E-state index in [0.29, 0.717) is 5.56 Å². The average Bonchev–Trinajstić information content (AvgIpc) is 2.20. The third-order valence-corrected chi connectivity index (χ3v) is 1.92. The zero-order chi connectivity index (χ0) is 12.1. The van der Waals surface area contributed by atoms with Gasteiger partial charge < -0.3 is 10.5 Å². The van der Waals surface area contributed by atoms with Gasteiger partial charge in [-0.3, -0.25) is 4.79 Å². The summed E-state index contributed by atoms with van der Waals surface area (Å²) in [6.45, 7) is 1.13. The largest absolute Gasteiger partial charge is 0.392 e. The predicted molar refractivity (Wildman–Crippen MR) is 54.9 cm³/mol. The highest BCUT2D eigenvalue weighted by Gasteiger charge is 2.17. The summed E-state index contributed by atoms with van der Waals surface area (Å²) in [4.78, 5) is 21.7. The molecule has 1 rings (SSSR count). The number of carbonyl (C=O) groups excluding carboxylic acids is 2. The van der Waals surface area contributed by atoms with E-state index in [0.717, 1.165) is 6.92 Å². The monoisotopic (exact) mass is 225 g/mol. The van der Waals surface area contributed by atoms with Crippen LogP contribution in [0, 0.1) is 5.82 Å². The van der Waals surface area contributed by atoms with E-state index >= 15 is 0 Å². The normalized spacial score (nSPS) is 11.9. The molecule has 0 saturated heterocycles. The summed E-state index contributed by atoms with van der Waals surface area (Å²) in [6, 6.07) is 4.68. The molecule has 2 N–H and O–H groups in total. The Morgan fingerprint density at radius 2 is 1.94 bits per heavy atom. The number of benzene rings is 1. The van der Waals surface area contributed by atoms with Crippen molar-refractivity contribution < 1.29 is 18.7 Å². The van der Waals surface area contributed by atoms with Crippen LogP contribution in [0.25, 0.3) is 0 Å². The van der Waals surface area contributed by atoms with E-state index in [-0.39, 0.29) is 12.2 Å². The first-order chi connectivity index (χ1) is 7.49. The molecule has 0 radical (unpaired) electrons. The minimum absolute atomic E-state index is 0.201. The molecular weight excluding hydrogens is 213 g/mol. The first-order valence-corrected chi connectivity index (χ1v) is 4.71. The fourth-order valence-electron chi connectivity index (χ4n) is 1.18. The standard InChI is InChI=1S/C11H12FNO3/c1-7(14)16-11(15)10(13)6-8-2-4-9(12)5-3-8/h2-5,10H,6,13H2,1H3/t10-/m1/s1. The number of hydrogen-bond acceptors (Lipinski definition) is 4. The molecule has 0 aromatic heterocycles. The van der Waals surface area contributed by atoms with E-state index in [1.165, 1.54) is 24.3 Å². The Hall–Kier alpha value is -1.75. The van der Waals surface area contributed by atoms with Crippen LogP contribution in [0.3, 0.4) is 0 Å². The first-order valence-electron chi connectivity index (χ1n) is 4.71. The Morgan fingerprint density at radius 3 is 2.44 bits per heavy atom. The molecule has 1 aromatic carbocycles. The van der Waals surface area contributed by atoms with Crippen molar-refractivity contribution in [2.45, 2.75) is 19.4 Å². The summed E-state index contributed by atoms with van der Waals surface area (Å²) < 4.78 is 16.9. The second-order valence-corrected chi connectivity index (χ2v) is 3.35. The van der Waals surface area contributed by atoms with Crippen molar-refractivity contribution in [2.75, 3.05) is 0 Å². The van der Waals surface area contributed by atoms with E-state index in [2.05, 4.69) is 4.74 Å². The van der Waals surface area contributed by atoms with Crippen LogP contribution in [0.5, 0.6) is 0 Å². The molecule has 16 heavy (non-hydrogen) atoms. The Labute approximate surface area is 92.2 Å². The van der Waals surface area contributed by atoms with Crippen molar-refractivity contribution in [3.05, 3.63) is 35.6 Å². The highest BCUT2D eigenvalue weighted by molar-refractivity contribution is 5.87. The van der Waals surface area contributed by atoms with Crippen molar-refractivity contribution in [2.24, 2.45) is 5.73 Å². The minimum Gasteiger partial charge on any atom is -0.392 e. The molecule has 1 aromatic rings.